The molecule has 0 unspecified atom stereocenters. The van der Waals surface area contributed by atoms with Gasteiger partial charge in [-0.25, -0.2) is 13.2 Å². The number of carbonyl (C=O) groups excluding carboxylic acids is 1. The molecule has 8 heteroatoms. The van der Waals surface area contributed by atoms with Crippen LogP contribution in [0.1, 0.15) is 16.7 Å². The lowest BCUT2D eigenvalue weighted by atomic mass is 10.1. The van der Waals surface area contributed by atoms with Gasteiger partial charge >= 0.3 is 5.97 Å². The van der Waals surface area contributed by atoms with Gasteiger partial charge in [-0.1, -0.05) is 72.8 Å². The van der Waals surface area contributed by atoms with Crippen LogP contribution in [0, 0.1) is 0 Å². The van der Waals surface area contributed by atoms with Crippen molar-refractivity contribution in [1.82, 2.24) is 4.31 Å². The van der Waals surface area contributed by atoms with E-state index in [0.717, 1.165) is 22.1 Å². The van der Waals surface area contributed by atoms with Crippen molar-refractivity contribution in [2.24, 2.45) is 0 Å². The third-order valence-electron chi connectivity index (χ3n) is 5.63. The number of ether oxygens (including phenoxy) is 2. The monoisotopic (exact) mass is 493 g/mol. The summed E-state index contributed by atoms with van der Waals surface area (Å²) in [5, 5.41) is 0.812. The molecule has 0 bridgehead atoms. The van der Waals surface area contributed by atoms with Crippen molar-refractivity contribution in [3.8, 4) is 5.75 Å². The second kappa shape index (κ2) is 11.2. The van der Waals surface area contributed by atoms with E-state index in [1.165, 1.54) is 11.4 Å². The van der Waals surface area contributed by atoms with E-state index in [4.69, 9.17) is 9.15 Å². The summed E-state index contributed by atoms with van der Waals surface area (Å²) in [5.74, 6) is -0.135. The van der Waals surface area contributed by atoms with Gasteiger partial charge in [0.25, 0.3) is 0 Å². The molecule has 4 rings (SSSR count). The van der Waals surface area contributed by atoms with Crippen LogP contribution in [0.5, 0.6) is 5.75 Å². The summed E-state index contributed by atoms with van der Waals surface area (Å²) in [7, 11) is -2.29. The third-order valence-corrected chi connectivity index (χ3v) is 7.43. The van der Waals surface area contributed by atoms with Gasteiger partial charge in [-0.3, -0.25) is 0 Å². The first-order valence-electron chi connectivity index (χ1n) is 11.2. The molecular weight excluding hydrogens is 466 g/mol. The van der Waals surface area contributed by atoms with Crippen molar-refractivity contribution in [3.63, 3.8) is 0 Å². The molecule has 0 aliphatic carbocycles. The summed E-state index contributed by atoms with van der Waals surface area (Å²) in [5.41, 5.74) is 3.02. The molecule has 7 nitrogen and oxygen atoms in total. The van der Waals surface area contributed by atoms with Gasteiger partial charge in [0.2, 0.25) is 10.0 Å². The Hall–Kier alpha value is -3.62. The minimum absolute atomic E-state index is 0.0711. The predicted molar refractivity (Wildman–Crippen MR) is 133 cm³/mol. The number of sulfonamides is 1. The molecule has 0 N–H and O–H groups in total. The molecule has 0 atom stereocenters. The van der Waals surface area contributed by atoms with Gasteiger partial charge in [0.05, 0.1) is 19.1 Å². The van der Waals surface area contributed by atoms with Crippen LogP contribution in [0.2, 0.25) is 0 Å². The number of esters is 1. The Balaban J connectivity index is 1.55. The fraction of sp³-hybridized carbons (Fsp3) is 0.222. The maximum Gasteiger partial charge on any atom is 0.343 e. The summed E-state index contributed by atoms with van der Waals surface area (Å²) >= 11 is 0. The molecule has 0 fully saturated rings. The maximum atomic E-state index is 13.4. The van der Waals surface area contributed by atoms with Crippen LogP contribution in [-0.4, -0.2) is 39.0 Å². The number of nitrogens with zero attached hydrogens (tertiary/aromatic N) is 1. The van der Waals surface area contributed by atoms with Gasteiger partial charge in [0.15, 0.2) is 17.9 Å². The zero-order valence-electron chi connectivity index (χ0n) is 19.4. The van der Waals surface area contributed by atoms with Crippen LogP contribution >= 0.6 is 0 Å². The third kappa shape index (κ3) is 6.29. The van der Waals surface area contributed by atoms with Crippen molar-refractivity contribution in [2.75, 3.05) is 20.3 Å². The van der Waals surface area contributed by atoms with Crippen molar-refractivity contribution < 1.29 is 27.1 Å². The summed E-state index contributed by atoms with van der Waals surface area (Å²) in [6, 6.07) is 24.1. The number of rotatable bonds is 11. The molecule has 0 saturated carbocycles. The van der Waals surface area contributed by atoms with Gasteiger partial charge in [0, 0.05) is 18.5 Å². The van der Waals surface area contributed by atoms with Crippen molar-refractivity contribution >= 4 is 27.0 Å². The average Bonchev–Trinajstić information content (AvgIpc) is 3.29. The summed E-state index contributed by atoms with van der Waals surface area (Å²) in [4.78, 5) is 11.4. The minimum Gasteiger partial charge on any atom is -0.478 e. The Kier molecular flexibility index (Phi) is 7.84. The highest BCUT2D eigenvalue weighted by Crippen LogP contribution is 2.30. The minimum atomic E-state index is -3.58. The van der Waals surface area contributed by atoms with Crippen molar-refractivity contribution in [3.05, 3.63) is 102 Å². The number of carbonyl (C=O) groups is 1. The fourth-order valence-corrected chi connectivity index (χ4v) is 5.32. The van der Waals surface area contributed by atoms with Crippen LogP contribution in [0.15, 0.2) is 89.5 Å². The Morgan fingerprint density at radius 1 is 0.914 bits per heavy atom. The predicted octanol–water partition coefficient (Wildman–Crippen LogP) is 4.56. The van der Waals surface area contributed by atoms with Crippen molar-refractivity contribution in [2.45, 2.75) is 18.7 Å². The lowest BCUT2D eigenvalue weighted by Gasteiger charge is -2.22. The highest BCUT2D eigenvalue weighted by Gasteiger charge is 2.23. The summed E-state index contributed by atoms with van der Waals surface area (Å²) < 4.78 is 44.2. The largest absolute Gasteiger partial charge is 0.478 e. The van der Waals surface area contributed by atoms with Gasteiger partial charge < -0.3 is 13.9 Å². The molecule has 0 spiro atoms. The molecule has 1 heterocycles. The number of methoxy groups -OCH3 is 1. The molecule has 0 aliphatic heterocycles. The molecule has 3 aromatic carbocycles. The maximum absolute atomic E-state index is 13.4. The quantitative estimate of drug-likeness (QED) is 0.285. The second-order valence-corrected chi connectivity index (χ2v) is 10.0. The summed E-state index contributed by atoms with van der Waals surface area (Å²) in [6.45, 7) is 0.333. The van der Waals surface area contributed by atoms with E-state index in [0.29, 0.717) is 17.8 Å². The van der Waals surface area contributed by atoms with Gasteiger partial charge in [-0.2, -0.15) is 4.31 Å². The first kappa shape index (κ1) is 24.5. The Morgan fingerprint density at radius 3 is 2.29 bits per heavy atom. The normalized spacial score (nSPS) is 11.6. The lowest BCUT2D eigenvalue weighted by molar-refractivity contribution is -0.142. The van der Waals surface area contributed by atoms with Crippen LogP contribution in [0.3, 0.4) is 0 Å². The highest BCUT2D eigenvalue weighted by molar-refractivity contribution is 7.88. The smallest absolute Gasteiger partial charge is 0.343 e. The van der Waals surface area contributed by atoms with Gasteiger partial charge in [-0.05, 0) is 29.2 Å². The van der Waals surface area contributed by atoms with Crippen LogP contribution in [-0.2, 0) is 38.3 Å². The molecular formula is C27H27NO6S. The Bertz CT molecular complexity index is 1370. The zero-order valence-corrected chi connectivity index (χ0v) is 20.2. The van der Waals surface area contributed by atoms with E-state index < -0.39 is 16.0 Å². The van der Waals surface area contributed by atoms with E-state index in [-0.39, 0.29) is 25.4 Å². The lowest BCUT2D eigenvalue weighted by Crippen LogP contribution is -2.33. The van der Waals surface area contributed by atoms with E-state index >= 15 is 0 Å². The highest BCUT2D eigenvalue weighted by atomic mass is 32.2. The molecule has 0 amide bonds. The first-order chi connectivity index (χ1) is 17.0. The van der Waals surface area contributed by atoms with Gasteiger partial charge in [0.1, 0.15) is 0 Å². The van der Waals surface area contributed by atoms with Crippen LogP contribution in [0.25, 0.3) is 11.0 Å². The molecule has 0 aliphatic rings. The number of hydrogen-bond donors (Lipinski definition) is 0. The van der Waals surface area contributed by atoms with Crippen molar-refractivity contribution in [1.29, 1.82) is 0 Å². The molecule has 0 saturated heterocycles. The molecule has 0 radical (unpaired) electrons. The van der Waals surface area contributed by atoms with Gasteiger partial charge in [-0.15, -0.1) is 0 Å². The van der Waals surface area contributed by atoms with E-state index in [1.54, 1.807) is 12.3 Å². The summed E-state index contributed by atoms with van der Waals surface area (Å²) in [6.07, 6.45) is 2.06. The first-order valence-corrected chi connectivity index (χ1v) is 12.8. The van der Waals surface area contributed by atoms with E-state index in [9.17, 15) is 13.2 Å². The zero-order chi connectivity index (χ0) is 24.7. The number of para-hydroxylation sites is 1. The molecule has 182 valence electrons. The SMILES string of the molecule is COC(=O)COc1cccc2c(CCN(Cc3ccccc3)S(=O)(=O)Cc3ccccc3)coc12. The van der Waals surface area contributed by atoms with E-state index in [2.05, 4.69) is 4.74 Å². The molecule has 4 aromatic rings. The Labute approximate surface area is 204 Å². The standard InChI is InChI=1S/C27H27NO6S/c1-32-26(29)19-33-25-14-8-13-24-23(18-34-27(24)25)15-16-28(17-21-9-4-2-5-10-21)35(30,31)20-22-11-6-3-7-12-22/h2-14,18H,15-17,19-20H2,1H3. The fourth-order valence-electron chi connectivity index (χ4n) is 3.81. The molecule has 1 aromatic heterocycles. The number of hydrogen-bond acceptors (Lipinski definition) is 6. The van der Waals surface area contributed by atoms with E-state index in [1.807, 2.05) is 72.8 Å². The topological polar surface area (TPSA) is 86.0 Å². The number of benzene rings is 3. The number of furan rings is 1. The average molecular weight is 494 g/mol. The number of fused-ring (bicyclic) bond motifs is 1. The van der Waals surface area contributed by atoms with Crippen LogP contribution in [0.4, 0.5) is 0 Å². The van der Waals surface area contributed by atoms with Crippen LogP contribution < -0.4 is 4.74 Å². The Morgan fingerprint density at radius 2 is 1.60 bits per heavy atom. The molecule has 35 heavy (non-hydrogen) atoms. The second-order valence-electron chi connectivity index (χ2n) is 8.07.